The first kappa shape index (κ1) is 20.3. The van der Waals surface area contributed by atoms with E-state index in [1.54, 1.807) is 0 Å². The largest absolute Gasteiger partial charge is 2.00 e. The number of halogens is 6. The molecule has 0 atom stereocenters. The summed E-state index contributed by atoms with van der Waals surface area (Å²) in [5, 5.41) is 17.6. The van der Waals surface area contributed by atoms with Crippen molar-refractivity contribution in [2.24, 2.45) is 0 Å². The van der Waals surface area contributed by atoms with Crippen LogP contribution in [0.3, 0.4) is 0 Å². The van der Waals surface area contributed by atoms with E-state index in [0.717, 1.165) is 0 Å². The molecule has 0 rings (SSSR count). The average molecular weight is 376 g/mol. The molecule has 0 N–H and O–H groups in total. The van der Waals surface area contributed by atoms with Crippen molar-refractivity contribution < 1.29 is 86.5 Å². The van der Waals surface area contributed by atoms with Crippen molar-refractivity contribution in [2.45, 2.75) is 12.4 Å². The number of carbonyl (C=O) groups is 2. The fourth-order valence-corrected chi connectivity index (χ4v) is 0. The van der Waals surface area contributed by atoms with Gasteiger partial charge in [0.15, 0.2) is 0 Å². The van der Waals surface area contributed by atoms with Gasteiger partial charge in [-0.1, -0.05) is 0 Å². The van der Waals surface area contributed by atoms with Gasteiger partial charge in [-0.15, -0.1) is 0 Å². The maximum Gasteiger partial charge on any atom is 2.00 e. The summed E-state index contributed by atoms with van der Waals surface area (Å²) in [7, 11) is 0. The van der Waals surface area contributed by atoms with Gasteiger partial charge in [0.25, 0.3) is 0 Å². The zero-order chi connectivity index (χ0) is 12.2. The van der Waals surface area contributed by atoms with E-state index in [9.17, 15) is 26.3 Å². The van der Waals surface area contributed by atoms with Gasteiger partial charge < -0.3 is 19.8 Å². The summed E-state index contributed by atoms with van der Waals surface area (Å²) in [6, 6.07) is 0. The van der Waals surface area contributed by atoms with E-state index >= 15 is 0 Å². The number of rotatable bonds is 0. The van der Waals surface area contributed by atoms with Crippen LogP contribution in [0.15, 0.2) is 0 Å². The molecule has 0 saturated heterocycles. The number of carboxylic acids is 2. The Hall–Kier alpha value is -0.142. The third-order valence-corrected chi connectivity index (χ3v) is 0.463. The monoisotopic (exact) mass is 378 g/mol. The molecule has 0 fully saturated rings. The van der Waals surface area contributed by atoms with E-state index in [0.29, 0.717) is 0 Å². The Labute approximate surface area is 110 Å². The minimum Gasteiger partial charge on any atom is -0.542 e. The zero-order valence-electron chi connectivity index (χ0n) is 6.31. The number of aliphatic carboxylic acids is 2. The Bertz CT molecular complexity index is 196. The van der Waals surface area contributed by atoms with Crippen LogP contribution in [0.5, 0.6) is 0 Å². The standard InChI is InChI=1S/2C2HF3O2.Sm/c2*3-2(4,5)1(6)7;/h2*(H,6,7);/q;;+2/p-2. The van der Waals surface area contributed by atoms with E-state index < -0.39 is 24.3 Å². The summed E-state index contributed by atoms with van der Waals surface area (Å²) in [6.07, 6.45) is -10.4. The molecule has 0 aromatic heterocycles. The fraction of sp³-hybridized carbons (Fsp3) is 0.500. The molecule has 0 radical (unpaired) electrons. The Kier molecular flexibility index (Phi) is 9.72. The van der Waals surface area contributed by atoms with Crippen molar-refractivity contribution in [2.75, 3.05) is 0 Å². The summed E-state index contributed by atoms with van der Waals surface area (Å²) in [5.74, 6) is -6.01. The maximum atomic E-state index is 10.5. The molecule has 0 unspecified atom stereocenters. The summed E-state index contributed by atoms with van der Waals surface area (Å²) < 4.78 is 63.1. The van der Waals surface area contributed by atoms with Gasteiger partial charge in [0.1, 0.15) is 11.9 Å². The second-order valence-corrected chi connectivity index (χ2v) is 1.57. The van der Waals surface area contributed by atoms with Crippen molar-refractivity contribution in [3.05, 3.63) is 0 Å². The molecule has 0 heterocycles. The van der Waals surface area contributed by atoms with E-state index in [1.807, 2.05) is 0 Å². The third-order valence-electron chi connectivity index (χ3n) is 0.463. The number of carbonyl (C=O) groups excluding carboxylic acids is 2. The van der Waals surface area contributed by atoms with Crippen molar-refractivity contribution in [1.29, 1.82) is 0 Å². The first-order chi connectivity index (χ1) is 5.89. The van der Waals surface area contributed by atoms with Gasteiger partial charge in [-0.25, -0.2) is 0 Å². The molecule has 0 bridgehead atoms. The molecular weight excluding hydrogens is 376 g/mol. The number of hydrogen-bond donors (Lipinski definition) is 0. The third kappa shape index (κ3) is 13.9. The Morgan fingerprint density at radius 1 is 0.733 bits per heavy atom. The Morgan fingerprint density at radius 2 is 0.800 bits per heavy atom. The topological polar surface area (TPSA) is 80.3 Å². The van der Waals surface area contributed by atoms with E-state index in [1.165, 1.54) is 0 Å². The van der Waals surface area contributed by atoms with E-state index in [4.69, 9.17) is 19.8 Å². The maximum absolute atomic E-state index is 10.5. The first-order valence-electron chi connectivity index (χ1n) is 2.45. The van der Waals surface area contributed by atoms with Crippen LogP contribution in [0.25, 0.3) is 0 Å². The average Bonchev–Trinajstić information content (AvgIpc) is 1.83. The molecular formula is C4F6O4Sm. The van der Waals surface area contributed by atoms with Gasteiger partial charge >= 0.3 is 52.7 Å². The molecule has 0 aliphatic heterocycles. The molecule has 0 aromatic rings. The molecule has 88 valence electrons. The molecule has 0 aromatic carbocycles. The summed E-state index contributed by atoms with van der Waals surface area (Å²) >= 11 is 0. The number of hydrogen-bond acceptors (Lipinski definition) is 4. The fourth-order valence-electron chi connectivity index (χ4n) is 0. The van der Waals surface area contributed by atoms with Crippen LogP contribution in [-0.2, 0) is 9.59 Å². The smallest absolute Gasteiger partial charge is 0.542 e. The van der Waals surface area contributed by atoms with Crippen LogP contribution in [0, 0.1) is 40.4 Å². The van der Waals surface area contributed by atoms with Crippen LogP contribution in [0.1, 0.15) is 0 Å². The van der Waals surface area contributed by atoms with Crippen molar-refractivity contribution in [3.63, 3.8) is 0 Å². The second kappa shape index (κ2) is 7.18. The van der Waals surface area contributed by atoms with Gasteiger partial charge in [-0.05, 0) is 0 Å². The summed E-state index contributed by atoms with van der Waals surface area (Å²) in [5.41, 5.74) is 0. The second-order valence-electron chi connectivity index (χ2n) is 1.57. The normalized spacial score (nSPS) is 10.5. The molecule has 0 aliphatic carbocycles. The van der Waals surface area contributed by atoms with Crippen LogP contribution in [0.2, 0.25) is 0 Å². The minimum absolute atomic E-state index is 0. The predicted molar refractivity (Wildman–Crippen MR) is 22.1 cm³/mol. The van der Waals surface area contributed by atoms with Crippen molar-refractivity contribution >= 4 is 11.9 Å². The van der Waals surface area contributed by atoms with Crippen LogP contribution in [-0.4, -0.2) is 24.3 Å². The molecule has 15 heavy (non-hydrogen) atoms. The van der Waals surface area contributed by atoms with Gasteiger partial charge in [-0.3, -0.25) is 0 Å². The first-order valence-corrected chi connectivity index (χ1v) is 2.45. The molecule has 0 aliphatic rings. The Morgan fingerprint density at radius 3 is 0.800 bits per heavy atom. The quantitative estimate of drug-likeness (QED) is 0.487. The van der Waals surface area contributed by atoms with Gasteiger partial charge in [-0.2, -0.15) is 26.3 Å². The predicted octanol–water partition coefficient (Wildman–Crippen LogP) is -1.40. The van der Waals surface area contributed by atoms with Crippen LogP contribution in [0.4, 0.5) is 26.3 Å². The van der Waals surface area contributed by atoms with E-state index in [-0.39, 0.29) is 40.4 Å². The minimum atomic E-state index is -5.19. The number of alkyl halides is 6. The molecule has 0 spiro atoms. The van der Waals surface area contributed by atoms with Crippen LogP contribution >= 0.6 is 0 Å². The molecule has 0 saturated carbocycles. The van der Waals surface area contributed by atoms with Crippen molar-refractivity contribution in [1.82, 2.24) is 0 Å². The number of carboxylic acid groups (broad SMARTS) is 2. The van der Waals surface area contributed by atoms with Gasteiger partial charge in [0.2, 0.25) is 0 Å². The van der Waals surface area contributed by atoms with Crippen LogP contribution < -0.4 is 10.2 Å². The summed E-state index contributed by atoms with van der Waals surface area (Å²) in [4.78, 5) is 17.6. The van der Waals surface area contributed by atoms with Gasteiger partial charge in [0, 0.05) is 0 Å². The molecule has 0 amide bonds. The molecule has 11 heteroatoms. The van der Waals surface area contributed by atoms with Crippen molar-refractivity contribution in [3.8, 4) is 0 Å². The summed E-state index contributed by atoms with van der Waals surface area (Å²) in [6.45, 7) is 0. The Balaban J connectivity index is -0.000000180. The van der Waals surface area contributed by atoms with E-state index in [2.05, 4.69) is 0 Å². The van der Waals surface area contributed by atoms with Gasteiger partial charge in [0.05, 0.1) is 0 Å². The zero-order valence-corrected chi connectivity index (χ0v) is 8.93. The molecule has 4 nitrogen and oxygen atoms in total. The SMILES string of the molecule is O=C([O-])C(F)(F)F.O=C([O-])C(F)(F)F.[Sm+2].